The molecule has 1 aliphatic heterocycles. The molecular formula is C16H25N6O5S+. The molecule has 1 aliphatic rings. The smallest absolute Gasteiger partial charge is 0.322 e. The highest BCUT2D eigenvalue weighted by Gasteiger charge is 2.46. The maximum atomic E-state index is 11.4. The summed E-state index contributed by atoms with van der Waals surface area (Å²) in [6, 6.07) is -0.671. The Labute approximate surface area is 164 Å². The van der Waals surface area contributed by atoms with Gasteiger partial charge in [0.1, 0.15) is 47.7 Å². The third-order valence-electron chi connectivity index (χ3n) is 4.73. The van der Waals surface area contributed by atoms with Crippen molar-refractivity contribution in [2.24, 2.45) is 5.73 Å². The molecule has 0 saturated carbocycles. The number of imidazole rings is 1. The van der Waals surface area contributed by atoms with E-state index in [1.807, 2.05) is 6.26 Å². The van der Waals surface area contributed by atoms with E-state index < -0.39 is 36.6 Å². The first-order chi connectivity index (χ1) is 13.3. The van der Waals surface area contributed by atoms with E-state index in [2.05, 4.69) is 19.7 Å². The second-order valence-electron chi connectivity index (χ2n) is 6.70. The fourth-order valence-electron chi connectivity index (χ4n) is 3.11. The van der Waals surface area contributed by atoms with Crippen LogP contribution in [0.4, 0.5) is 5.82 Å². The van der Waals surface area contributed by atoms with Gasteiger partial charge in [-0.1, -0.05) is 0 Å². The molecule has 0 radical (unpaired) electrons. The third-order valence-corrected chi connectivity index (χ3v) is 6.56. The van der Waals surface area contributed by atoms with E-state index in [1.54, 1.807) is 4.57 Å². The molecule has 0 aliphatic carbocycles. The molecule has 2 aromatic rings. The van der Waals surface area contributed by atoms with Gasteiger partial charge in [-0.3, -0.25) is 9.36 Å². The van der Waals surface area contributed by atoms with Crippen LogP contribution in [0.1, 0.15) is 12.6 Å². The van der Waals surface area contributed by atoms with E-state index in [4.69, 9.17) is 16.2 Å². The number of aliphatic hydroxyl groups excluding tert-OH is 2. The van der Waals surface area contributed by atoms with Crippen LogP contribution in [0.2, 0.25) is 0 Å². The number of hydrogen-bond donors (Lipinski definition) is 4. The SMILES string of the molecule is COC(=O)C(N)CC[S+](C)CC1OC(n2cnc3c(N)ncnc32)C(O)C1O. The molecule has 6 unspecified atom stereocenters. The average Bonchev–Trinajstić information content (AvgIpc) is 3.23. The molecule has 1 saturated heterocycles. The number of aliphatic hydroxyl groups is 2. The van der Waals surface area contributed by atoms with Crippen LogP contribution in [0.5, 0.6) is 0 Å². The number of nitrogens with two attached hydrogens (primary N) is 2. The summed E-state index contributed by atoms with van der Waals surface area (Å²) in [6.07, 6.45) is 1.62. The second kappa shape index (κ2) is 8.57. The Balaban J connectivity index is 1.65. The van der Waals surface area contributed by atoms with Gasteiger partial charge in [0.15, 0.2) is 17.7 Å². The molecule has 6 N–H and O–H groups in total. The summed E-state index contributed by atoms with van der Waals surface area (Å²) in [7, 11) is 1.12. The molecule has 0 aromatic carbocycles. The molecular weight excluding hydrogens is 388 g/mol. The number of hydrogen-bond acceptors (Lipinski definition) is 10. The summed E-state index contributed by atoms with van der Waals surface area (Å²) in [5, 5.41) is 20.9. The lowest BCUT2D eigenvalue weighted by Crippen LogP contribution is -2.37. The van der Waals surface area contributed by atoms with Gasteiger partial charge in [0.05, 0.1) is 19.7 Å². The standard InChI is InChI=1S/C16H25N6O5S/c1-26-16(25)8(17)3-4-28(2)5-9-11(23)12(24)15(27-9)22-7-21-10-13(18)19-6-20-14(10)22/h6-9,11-12,15,23-24H,3-5,17H2,1-2H3,(H2,18,19,20)/q+1. The van der Waals surface area contributed by atoms with E-state index in [1.165, 1.54) is 19.8 Å². The summed E-state index contributed by atoms with van der Waals surface area (Å²) in [5.41, 5.74) is 12.4. The van der Waals surface area contributed by atoms with Crippen LogP contribution in [0, 0.1) is 0 Å². The maximum absolute atomic E-state index is 11.4. The number of ether oxygens (including phenoxy) is 2. The van der Waals surface area contributed by atoms with Gasteiger partial charge in [-0.25, -0.2) is 15.0 Å². The summed E-state index contributed by atoms with van der Waals surface area (Å²) in [6.45, 7) is 0. The Hall–Kier alpha value is -1.99. The Bertz CT molecular complexity index is 835. The number of esters is 1. The quantitative estimate of drug-likeness (QED) is 0.299. The van der Waals surface area contributed by atoms with E-state index in [9.17, 15) is 15.0 Å². The van der Waals surface area contributed by atoms with Gasteiger partial charge in [-0.05, 0) is 10.9 Å². The summed E-state index contributed by atoms with van der Waals surface area (Å²) in [5.74, 6) is 0.983. The number of carbonyl (C=O) groups excluding carboxylic acids is 1. The normalized spacial score (nSPS) is 27.0. The van der Waals surface area contributed by atoms with Gasteiger partial charge in [0, 0.05) is 6.42 Å². The van der Waals surface area contributed by atoms with Gasteiger partial charge in [0.2, 0.25) is 0 Å². The molecule has 3 rings (SSSR count). The van der Waals surface area contributed by atoms with Crippen molar-refractivity contribution in [2.45, 2.75) is 37.0 Å². The molecule has 0 amide bonds. The Morgan fingerprint density at radius 3 is 2.86 bits per heavy atom. The number of methoxy groups -OCH3 is 1. The number of anilines is 1. The minimum absolute atomic E-state index is 0.182. The minimum Gasteiger partial charge on any atom is -0.468 e. The molecule has 12 heteroatoms. The summed E-state index contributed by atoms with van der Waals surface area (Å²) >= 11 is 0. The monoisotopic (exact) mass is 413 g/mol. The van der Waals surface area contributed by atoms with Crippen molar-refractivity contribution >= 4 is 33.8 Å². The lowest BCUT2D eigenvalue weighted by Gasteiger charge is -2.16. The zero-order valence-electron chi connectivity index (χ0n) is 15.6. The van der Waals surface area contributed by atoms with Crippen LogP contribution in [-0.4, -0.2) is 84.9 Å². The van der Waals surface area contributed by atoms with Crippen molar-refractivity contribution in [3.05, 3.63) is 12.7 Å². The van der Waals surface area contributed by atoms with E-state index in [0.29, 0.717) is 29.1 Å². The van der Waals surface area contributed by atoms with Crippen LogP contribution in [-0.2, 0) is 25.2 Å². The molecule has 0 bridgehead atoms. The largest absolute Gasteiger partial charge is 0.468 e. The highest BCUT2D eigenvalue weighted by molar-refractivity contribution is 7.96. The second-order valence-corrected chi connectivity index (χ2v) is 9.00. The number of aromatic nitrogens is 4. The zero-order chi connectivity index (χ0) is 20.4. The van der Waals surface area contributed by atoms with Crippen LogP contribution in [0.3, 0.4) is 0 Å². The van der Waals surface area contributed by atoms with Gasteiger partial charge >= 0.3 is 5.97 Å². The summed E-state index contributed by atoms with van der Waals surface area (Å²) < 4.78 is 12.1. The Morgan fingerprint density at radius 2 is 2.14 bits per heavy atom. The lowest BCUT2D eigenvalue weighted by molar-refractivity contribution is -0.142. The number of carbonyl (C=O) groups is 1. The van der Waals surface area contributed by atoms with Crippen LogP contribution in [0.25, 0.3) is 11.2 Å². The molecule has 0 spiro atoms. The number of nitrogen functional groups attached to an aromatic ring is 1. The average molecular weight is 413 g/mol. The van der Waals surface area contributed by atoms with Crippen LogP contribution >= 0.6 is 0 Å². The van der Waals surface area contributed by atoms with Crippen molar-refractivity contribution in [2.75, 3.05) is 30.6 Å². The predicted molar refractivity (Wildman–Crippen MR) is 103 cm³/mol. The van der Waals surface area contributed by atoms with E-state index in [-0.39, 0.29) is 16.7 Å². The lowest BCUT2D eigenvalue weighted by atomic mass is 10.1. The molecule has 11 nitrogen and oxygen atoms in total. The van der Waals surface area contributed by atoms with Crippen LogP contribution < -0.4 is 11.5 Å². The molecule has 154 valence electrons. The topological polar surface area (TPSA) is 172 Å². The first-order valence-corrected chi connectivity index (χ1v) is 10.7. The summed E-state index contributed by atoms with van der Waals surface area (Å²) in [4.78, 5) is 23.6. The predicted octanol–water partition coefficient (Wildman–Crippen LogP) is -1.83. The molecule has 28 heavy (non-hydrogen) atoms. The number of fused-ring (bicyclic) bond motifs is 1. The van der Waals surface area contributed by atoms with Gasteiger partial charge in [-0.15, -0.1) is 0 Å². The third kappa shape index (κ3) is 4.05. The van der Waals surface area contributed by atoms with Crippen molar-refractivity contribution in [1.29, 1.82) is 0 Å². The van der Waals surface area contributed by atoms with E-state index in [0.717, 1.165) is 0 Å². The van der Waals surface area contributed by atoms with Crippen molar-refractivity contribution < 1.29 is 24.5 Å². The van der Waals surface area contributed by atoms with Crippen LogP contribution in [0.15, 0.2) is 12.7 Å². The molecule has 2 aromatic heterocycles. The zero-order valence-corrected chi connectivity index (χ0v) is 16.5. The highest BCUT2D eigenvalue weighted by atomic mass is 32.2. The molecule has 6 atom stereocenters. The van der Waals surface area contributed by atoms with Gasteiger partial charge < -0.3 is 31.2 Å². The Kier molecular flexibility index (Phi) is 6.35. The maximum Gasteiger partial charge on any atom is 0.322 e. The van der Waals surface area contributed by atoms with E-state index >= 15 is 0 Å². The van der Waals surface area contributed by atoms with Crippen molar-refractivity contribution in [1.82, 2.24) is 19.5 Å². The first kappa shape index (κ1) is 20.7. The highest BCUT2D eigenvalue weighted by Crippen LogP contribution is 2.32. The molecule has 1 fully saturated rings. The van der Waals surface area contributed by atoms with Crippen molar-refractivity contribution in [3.63, 3.8) is 0 Å². The van der Waals surface area contributed by atoms with Crippen molar-refractivity contribution in [3.8, 4) is 0 Å². The first-order valence-electron chi connectivity index (χ1n) is 8.70. The number of rotatable bonds is 7. The van der Waals surface area contributed by atoms with Gasteiger partial charge in [-0.2, -0.15) is 0 Å². The molecule has 3 heterocycles. The Morgan fingerprint density at radius 1 is 1.39 bits per heavy atom. The fraction of sp³-hybridized carbons (Fsp3) is 0.625. The minimum atomic E-state index is -1.15. The fourth-order valence-corrected chi connectivity index (χ4v) is 4.77. The van der Waals surface area contributed by atoms with Gasteiger partial charge in [0.25, 0.3) is 0 Å². The number of nitrogens with zero attached hydrogens (tertiary/aromatic N) is 4.